The molecule has 7 nitrogen and oxygen atoms in total. The Hall–Kier alpha value is -2.96. The third-order valence-electron chi connectivity index (χ3n) is 4.20. The van der Waals surface area contributed by atoms with Gasteiger partial charge in [0.25, 0.3) is 5.56 Å². The van der Waals surface area contributed by atoms with E-state index in [9.17, 15) is 14.7 Å². The van der Waals surface area contributed by atoms with E-state index in [0.29, 0.717) is 34.7 Å². The van der Waals surface area contributed by atoms with Gasteiger partial charge in [-0.3, -0.25) is 4.79 Å². The Kier molecular flexibility index (Phi) is 6.87. The Morgan fingerprint density at radius 2 is 1.74 bits per heavy atom. The number of carbonyl (C=O) groups excluding carboxylic acids is 1. The van der Waals surface area contributed by atoms with Gasteiger partial charge < -0.3 is 24.3 Å². The fraction of sp³-hybridized carbons (Fsp3) is 0.400. The van der Waals surface area contributed by atoms with Crippen molar-refractivity contribution in [2.75, 3.05) is 20.8 Å². The first-order valence-electron chi connectivity index (χ1n) is 8.86. The average Bonchev–Trinajstić information content (AvgIpc) is 2.66. The number of aromatic amines is 1. The summed E-state index contributed by atoms with van der Waals surface area (Å²) >= 11 is 0. The molecule has 0 fully saturated rings. The summed E-state index contributed by atoms with van der Waals surface area (Å²) in [5.74, 6) is -0.423. The van der Waals surface area contributed by atoms with E-state index < -0.39 is 22.8 Å². The van der Waals surface area contributed by atoms with Crippen molar-refractivity contribution in [1.82, 2.24) is 4.98 Å². The molecule has 2 aromatic rings. The first kappa shape index (κ1) is 20.4. The van der Waals surface area contributed by atoms with E-state index in [2.05, 4.69) is 4.98 Å². The smallest absolute Gasteiger partial charge is 0.347 e. The molecule has 0 radical (unpaired) electrons. The lowest BCUT2D eigenvalue weighted by atomic mass is 9.96. The summed E-state index contributed by atoms with van der Waals surface area (Å²) in [5.41, 5.74) is 0.165. The number of ether oxygens (including phenoxy) is 3. The SMILES string of the molecule is CCCCc1[nH]c(=O)c(C(=O)OCC)c(O)c1-c1c(OC)cccc1OC. The third-order valence-corrected chi connectivity index (χ3v) is 4.20. The van der Waals surface area contributed by atoms with Gasteiger partial charge in [0.1, 0.15) is 17.2 Å². The van der Waals surface area contributed by atoms with Crippen molar-refractivity contribution in [3.8, 4) is 28.4 Å². The summed E-state index contributed by atoms with van der Waals surface area (Å²) in [6.45, 7) is 3.74. The maximum atomic E-state index is 12.5. The molecule has 0 bridgehead atoms. The number of nitrogens with one attached hydrogen (secondary N) is 1. The Bertz CT molecular complexity index is 849. The van der Waals surface area contributed by atoms with Crippen LogP contribution >= 0.6 is 0 Å². The van der Waals surface area contributed by atoms with Crippen molar-refractivity contribution >= 4 is 5.97 Å². The Morgan fingerprint density at radius 3 is 2.26 bits per heavy atom. The molecule has 0 atom stereocenters. The molecule has 0 aliphatic carbocycles. The topological polar surface area (TPSA) is 97.9 Å². The van der Waals surface area contributed by atoms with Crippen molar-refractivity contribution in [2.24, 2.45) is 0 Å². The van der Waals surface area contributed by atoms with Crippen LogP contribution in [0.2, 0.25) is 0 Å². The van der Waals surface area contributed by atoms with Gasteiger partial charge in [0.15, 0.2) is 5.56 Å². The highest BCUT2D eigenvalue weighted by molar-refractivity contribution is 5.96. The number of methoxy groups -OCH3 is 2. The van der Waals surface area contributed by atoms with E-state index in [0.717, 1.165) is 12.8 Å². The summed E-state index contributed by atoms with van der Waals surface area (Å²) in [4.78, 5) is 27.4. The quantitative estimate of drug-likeness (QED) is 0.687. The highest BCUT2D eigenvalue weighted by Crippen LogP contribution is 2.44. The van der Waals surface area contributed by atoms with E-state index >= 15 is 0 Å². The highest BCUT2D eigenvalue weighted by Gasteiger charge is 2.27. The number of pyridine rings is 1. The van der Waals surface area contributed by atoms with Crippen LogP contribution in [0.1, 0.15) is 42.7 Å². The molecule has 7 heteroatoms. The van der Waals surface area contributed by atoms with E-state index in [1.54, 1.807) is 25.1 Å². The molecule has 0 aliphatic heterocycles. The molecule has 2 N–H and O–H groups in total. The highest BCUT2D eigenvalue weighted by atomic mass is 16.5. The number of benzene rings is 1. The number of rotatable bonds is 8. The predicted molar refractivity (Wildman–Crippen MR) is 102 cm³/mol. The van der Waals surface area contributed by atoms with Crippen molar-refractivity contribution in [1.29, 1.82) is 0 Å². The summed E-state index contributed by atoms with van der Waals surface area (Å²) < 4.78 is 15.8. The Balaban J connectivity index is 2.86. The van der Waals surface area contributed by atoms with Gasteiger partial charge in [-0.25, -0.2) is 4.79 Å². The van der Waals surface area contributed by atoms with Crippen molar-refractivity contribution in [3.63, 3.8) is 0 Å². The molecule has 1 aromatic carbocycles. The zero-order valence-electron chi connectivity index (χ0n) is 16.0. The van der Waals surface area contributed by atoms with Gasteiger partial charge in [-0.15, -0.1) is 0 Å². The molecule has 146 valence electrons. The number of H-pyrrole nitrogens is 1. The minimum atomic E-state index is -0.881. The lowest BCUT2D eigenvalue weighted by Crippen LogP contribution is -2.22. The fourth-order valence-corrected chi connectivity index (χ4v) is 2.94. The van der Waals surface area contributed by atoms with E-state index in [1.165, 1.54) is 14.2 Å². The van der Waals surface area contributed by atoms with Crippen molar-refractivity contribution < 1.29 is 24.1 Å². The molecule has 2 rings (SSSR count). The van der Waals surface area contributed by atoms with Crippen LogP contribution in [-0.2, 0) is 11.2 Å². The van der Waals surface area contributed by atoms with Crippen LogP contribution < -0.4 is 15.0 Å². The summed E-state index contributed by atoms with van der Waals surface area (Å²) in [6, 6.07) is 5.19. The van der Waals surface area contributed by atoms with Gasteiger partial charge >= 0.3 is 5.97 Å². The molecule has 0 saturated heterocycles. The largest absolute Gasteiger partial charge is 0.506 e. The second-order valence-corrected chi connectivity index (χ2v) is 5.89. The molecular weight excluding hydrogens is 350 g/mol. The molecule has 1 aromatic heterocycles. The third kappa shape index (κ3) is 4.07. The van der Waals surface area contributed by atoms with Crippen molar-refractivity contribution in [2.45, 2.75) is 33.1 Å². The molecule has 0 unspecified atom stereocenters. The van der Waals surface area contributed by atoms with Gasteiger partial charge in [-0.05, 0) is 31.9 Å². The number of aromatic nitrogens is 1. The molecular formula is C20H25NO6. The number of carbonyl (C=O) groups is 1. The molecule has 0 amide bonds. The minimum Gasteiger partial charge on any atom is -0.506 e. The van der Waals surface area contributed by atoms with Crippen LogP contribution in [0, 0.1) is 0 Å². The van der Waals surface area contributed by atoms with E-state index in [-0.39, 0.29) is 6.61 Å². The van der Waals surface area contributed by atoms with Gasteiger partial charge in [-0.1, -0.05) is 19.4 Å². The minimum absolute atomic E-state index is 0.0859. The first-order chi connectivity index (χ1) is 13.0. The van der Waals surface area contributed by atoms with Crippen LogP contribution in [0.4, 0.5) is 0 Å². The Morgan fingerprint density at radius 1 is 1.11 bits per heavy atom. The first-order valence-corrected chi connectivity index (χ1v) is 8.86. The number of aryl methyl sites for hydroxylation is 1. The second-order valence-electron chi connectivity index (χ2n) is 5.89. The van der Waals surface area contributed by atoms with E-state index in [4.69, 9.17) is 14.2 Å². The summed E-state index contributed by atoms with van der Waals surface area (Å²) in [6.07, 6.45) is 2.20. The number of aromatic hydroxyl groups is 1. The van der Waals surface area contributed by atoms with Crippen LogP contribution in [0.25, 0.3) is 11.1 Å². The molecule has 1 heterocycles. The number of unbranched alkanes of at least 4 members (excludes halogenated alkanes) is 1. The van der Waals surface area contributed by atoms with Crippen LogP contribution in [0.5, 0.6) is 17.2 Å². The number of hydrogen-bond acceptors (Lipinski definition) is 6. The van der Waals surface area contributed by atoms with Crippen LogP contribution in [0.3, 0.4) is 0 Å². The normalized spacial score (nSPS) is 10.5. The van der Waals surface area contributed by atoms with E-state index in [1.807, 2.05) is 6.92 Å². The van der Waals surface area contributed by atoms with Crippen molar-refractivity contribution in [3.05, 3.63) is 39.8 Å². The van der Waals surface area contributed by atoms with Gasteiger partial charge in [0.05, 0.1) is 32.0 Å². The van der Waals surface area contributed by atoms with Gasteiger partial charge in [-0.2, -0.15) is 0 Å². The monoisotopic (exact) mass is 375 g/mol. The Labute approximate surface area is 157 Å². The molecule has 0 spiro atoms. The lowest BCUT2D eigenvalue weighted by Gasteiger charge is -2.18. The molecule has 0 saturated carbocycles. The maximum Gasteiger partial charge on any atom is 0.347 e. The molecule has 27 heavy (non-hydrogen) atoms. The fourth-order valence-electron chi connectivity index (χ4n) is 2.94. The van der Waals surface area contributed by atoms with Gasteiger partial charge in [0.2, 0.25) is 0 Å². The maximum absolute atomic E-state index is 12.5. The average molecular weight is 375 g/mol. The second kappa shape index (κ2) is 9.12. The van der Waals surface area contributed by atoms with Crippen LogP contribution in [0.15, 0.2) is 23.0 Å². The zero-order valence-corrected chi connectivity index (χ0v) is 16.0. The number of hydrogen-bond donors (Lipinski definition) is 2. The summed E-state index contributed by atoms with van der Waals surface area (Å²) in [5, 5.41) is 10.9. The standard InChI is InChI=1S/C20H25NO6/c1-5-7-9-12-15(16-13(25-3)10-8-11-14(16)26-4)18(22)17(19(23)21-12)20(24)27-6-2/h8,10-11H,5-7,9H2,1-4H3,(H2,21,22,23). The van der Waals surface area contributed by atoms with Gasteiger partial charge in [0, 0.05) is 5.69 Å². The molecule has 0 aliphatic rings. The lowest BCUT2D eigenvalue weighted by molar-refractivity contribution is 0.0521. The predicted octanol–water partition coefficient (Wildman–Crippen LogP) is 3.28. The number of esters is 1. The van der Waals surface area contributed by atoms with Crippen LogP contribution in [-0.4, -0.2) is 36.9 Å². The summed E-state index contributed by atoms with van der Waals surface area (Å²) in [7, 11) is 3.00. The zero-order chi connectivity index (χ0) is 20.0.